The first-order valence-electron chi connectivity index (χ1n) is 10.2. The molecule has 1 heterocycles. The van der Waals surface area contributed by atoms with Crippen LogP contribution in [-0.2, 0) is 4.79 Å². The van der Waals surface area contributed by atoms with E-state index in [1.54, 1.807) is 0 Å². The molecule has 2 saturated carbocycles. The summed E-state index contributed by atoms with van der Waals surface area (Å²) in [5.74, 6) is 0.401. The van der Waals surface area contributed by atoms with Crippen molar-refractivity contribution in [2.45, 2.75) is 64.3 Å². The van der Waals surface area contributed by atoms with Gasteiger partial charge in [-0.2, -0.15) is 0 Å². The molecule has 4 nitrogen and oxygen atoms in total. The van der Waals surface area contributed by atoms with Gasteiger partial charge in [-0.1, -0.05) is 44.4 Å². The summed E-state index contributed by atoms with van der Waals surface area (Å²) in [6.07, 6.45) is 8.84. The van der Waals surface area contributed by atoms with Crippen LogP contribution in [0.5, 0.6) is 0 Å². The molecule has 1 atom stereocenters. The Labute approximate surface area is 156 Å². The number of rotatable bonds is 3. The van der Waals surface area contributed by atoms with Gasteiger partial charge in [-0.3, -0.25) is 9.59 Å². The second kappa shape index (κ2) is 6.71. The normalized spacial score (nSPS) is 26.3. The van der Waals surface area contributed by atoms with Crippen LogP contribution < -0.4 is 5.32 Å². The Hall–Kier alpha value is -1.84. The monoisotopic (exact) mass is 354 g/mol. The number of piperidine rings is 1. The van der Waals surface area contributed by atoms with E-state index >= 15 is 0 Å². The van der Waals surface area contributed by atoms with Gasteiger partial charge < -0.3 is 10.2 Å². The van der Waals surface area contributed by atoms with Crippen molar-refractivity contribution in [1.29, 1.82) is 0 Å². The highest BCUT2D eigenvalue weighted by molar-refractivity contribution is 5.94. The van der Waals surface area contributed by atoms with E-state index in [-0.39, 0.29) is 22.8 Å². The van der Waals surface area contributed by atoms with Crippen molar-refractivity contribution >= 4 is 11.8 Å². The van der Waals surface area contributed by atoms with Gasteiger partial charge in [-0.15, -0.1) is 0 Å². The topological polar surface area (TPSA) is 49.4 Å². The molecule has 0 bridgehead atoms. The first-order valence-corrected chi connectivity index (χ1v) is 10.2. The van der Waals surface area contributed by atoms with Gasteiger partial charge in [0.05, 0.1) is 0 Å². The van der Waals surface area contributed by atoms with Gasteiger partial charge in [0.25, 0.3) is 5.91 Å². The first kappa shape index (κ1) is 17.6. The Morgan fingerprint density at radius 2 is 1.65 bits per heavy atom. The van der Waals surface area contributed by atoms with Crippen LogP contribution in [-0.4, -0.2) is 35.8 Å². The lowest BCUT2D eigenvalue weighted by molar-refractivity contribution is -0.144. The minimum atomic E-state index is -0.132. The van der Waals surface area contributed by atoms with E-state index in [2.05, 4.69) is 17.1 Å². The molecule has 2 amide bonds. The summed E-state index contributed by atoms with van der Waals surface area (Å²) in [5.41, 5.74) is 0.828. The average Bonchev–Trinajstić information content (AvgIpc) is 3.34. The lowest BCUT2D eigenvalue weighted by Crippen LogP contribution is -2.48. The maximum atomic E-state index is 13.0. The largest absolute Gasteiger partial charge is 0.349 e. The van der Waals surface area contributed by atoms with Gasteiger partial charge in [0.15, 0.2) is 0 Å². The van der Waals surface area contributed by atoms with Crippen LogP contribution in [0, 0.1) is 10.8 Å². The Kier molecular flexibility index (Phi) is 4.54. The zero-order valence-corrected chi connectivity index (χ0v) is 15.8. The van der Waals surface area contributed by atoms with Crippen molar-refractivity contribution in [1.82, 2.24) is 10.2 Å². The number of benzene rings is 1. The molecule has 1 N–H and O–H groups in total. The molecule has 1 saturated heterocycles. The number of carbonyl (C=O) groups is 2. The van der Waals surface area contributed by atoms with Crippen LogP contribution in [0.1, 0.15) is 68.6 Å². The van der Waals surface area contributed by atoms with Crippen molar-refractivity contribution in [3.05, 3.63) is 35.9 Å². The highest BCUT2D eigenvalue weighted by Gasteiger charge is 2.56. The Balaban J connectivity index is 1.30. The van der Waals surface area contributed by atoms with Gasteiger partial charge in [-0.25, -0.2) is 0 Å². The third-order valence-electron chi connectivity index (χ3n) is 7.05. The molecule has 4 rings (SSSR count). The van der Waals surface area contributed by atoms with Crippen molar-refractivity contribution in [3.63, 3.8) is 0 Å². The second-order valence-corrected chi connectivity index (χ2v) is 8.87. The van der Waals surface area contributed by atoms with Gasteiger partial charge >= 0.3 is 0 Å². The summed E-state index contributed by atoms with van der Waals surface area (Å²) in [6.45, 7) is 3.87. The van der Waals surface area contributed by atoms with Crippen molar-refractivity contribution < 1.29 is 9.59 Å². The predicted molar refractivity (Wildman–Crippen MR) is 102 cm³/mol. The molecule has 1 spiro atoms. The van der Waals surface area contributed by atoms with E-state index in [0.717, 1.165) is 50.8 Å². The van der Waals surface area contributed by atoms with Gasteiger partial charge in [-0.05, 0) is 49.7 Å². The predicted octanol–water partition coefficient (Wildman–Crippen LogP) is 3.77. The molecule has 26 heavy (non-hydrogen) atoms. The molecule has 0 radical (unpaired) electrons. The van der Waals surface area contributed by atoms with E-state index in [1.165, 1.54) is 19.3 Å². The van der Waals surface area contributed by atoms with Crippen molar-refractivity contribution in [2.75, 3.05) is 13.1 Å². The molecule has 1 aromatic carbocycles. The van der Waals surface area contributed by atoms with Crippen LogP contribution in [0.15, 0.2) is 30.3 Å². The second-order valence-electron chi connectivity index (χ2n) is 8.87. The summed E-state index contributed by atoms with van der Waals surface area (Å²) in [4.78, 5) is 27.5. The molecule has 3 fully saturated rings. The van der Waals surface area contributed by atoms with E-state index in [0.29, 0.717) is 5.91 Å². The summed E-state index contributed by atoms with van der Waals surface area (Å²) in [6, 6.07) is 9.71. The molecule has 1 aromatic rings. The van der Waals surface area contributed by atoms with Gasteiger partial charge in [0.1, 0.15) is 0 Å². The van der Waals surface area contributed by atoms with E-state index < -0.39 is 0 Å². The number of nitrogens with one attached hydrogen (secondary N) is 1. The molecular weight excluding hydrogens is 324 g/mol. The van der Waals surface area contributed by atoms with Crippen LogP contribution in [0.3, 0.4) is 0 Å². The molecule has 4 heteroatoms. The Morgan fingerprint density at radius 3 is 2.31 bits per heavy atom. The number of amides is 2. The average molecular weight is 354 g/mol. The SMILES string of the molecule is CC1(C(=O)N2CCC3(CC2)CC3NC(=O)c2ccccc2)CCCCC1. The summed E-state index contributed by atoms with van der Waals surface area (Å²) >= 11 is 0. The summed E-state index contributed by atoms with van der Waals surface area (Å²) in [5, 5.41) is 3.20. The zero-order chi connectivity index (χ0) is 18.2. The number of carbonyl (C=O) groups excluding carboxylic acids is 2. The minimum Gasteiger partial charge on any atom is -0.349 e. The maximum absolute atomic E-state index is 13.0. The smallest absolute Gasteiger partial charge is 0.251 e. The van der Waals surface area contributed by atoms with Gasteiger partial charge in [0, 0.05) is 30.1 Å². The lowest BCUT2D eigenvalue weighted by atomic mass is 9.74. The molecule has 1 aliphatic heterocycles. The van der Waals surface area contributed by atoms with Crippen LogP contribution in [0.4, 0.5) is 0 Å². The fraction of sp³-hybridized carbons (Fsp3) is 0.636. The van der Waals surface area contributed by atoms with E-state index in [1.807, 2.05) is 30.3 Å². The first-order chi connectivity index (χ1) is 12.5. The third-order valence-corrected chi connectivity index (χ3v) is 7.05. The Bertz CT molecular complexity index is 671. The molecule has 2 aliphatic carbocycles. The number of hydrogen-bond acceptors (Lipinski definition) is 2. The quantitative estimate of drug-likeness (QED) is 0.898. The highest BCUT2D eigenvalue weighted by Crippen LogP contribution is 2.54. The fourth-order valence-corrected chi connectivity index (χ4v) is 5.02. The highest BCUT2D eigenvalue weighted by atomic mass is 16.2. The maximum Gasteiger partial charge on any atom is 0.251 e. The standard InChI is InChI=1S/C22H30N2O2/c1-21(10-6-3-7-11-21)20(26)24-14-12-22(13-15-24)16-18(22)23-19(25)17-8-4-2-5-9-17/h2,4-5,8-9,18H,3,6-7,10-16H2,1H3,(H,23,25). The van der Waals surface area contributed by atoms with Crippen LogP contribution in [0.2, 0.25) is 0 Å². The van der Waals surface area contributed by atoms with E-state index in [9.17, 15) is 9.59 Å². The zero-order valence-electron chi connectivity index (χ0n) is 15.8. The number of likely N-dealkylation sites (tertiary alicyclic amines) is 1. The minimum absolute atomic E-state index is 0.0284. The van der Waals surface area contributed by atoms with Crippen LogP contribution >= 0.6 is 0 Å². The third kappa shape index (κ3) is 3.26. The number of nitrogens with zero attached hydrogens (tertiary/aromatic N) is 1. The molecule has 1 unspecified atom stereocenters. The van der Waals surface area contributed by atoms with E-state index in [4.69, 9.17) is 0 Å². The molecule has 3 aliphatic rings. The van der Waals surface area contributed by atoms with Crippen molar-refractivity contribution in [2.24, 2.45) is 10.8 Å². The fourth-order valence-electron chi connectivity index (χ4n) is 5.02. The summed E-state index contributed by atoms with van der Waals surface area (Å²) < 4.78 is 0. The lowest BCUT2D eigenvalue weighted by Gasteiger charge is -2.40. The molecule has 0 aromatic heterocycles. The molecule has 140 valence electrons. The van der Waals surface area contributed by atoms with Crippen LogP contribution in [0.25, 0.3) is 0 Å². The Morgan fingerprint density at radius 1 is 1.00 bits per heavy atom. The summed E-state index contributed by atoms with van der Waals surface area (Å²) in [7, 11) is 0. The van der Waals surface area contributed by atoms with Crippen molar-refractivity contribution in [3.8, 4) is 0 Å². The number of hydrogen-bond donors (Lipinski definition) is 1. The molecular formula is C22H30N2O2. The van der Waals surface area contributed by atoms with Gasteiger partial charge in [0.2, 0.25) is 5.91 Å².